The number of carbonyl (C=O) groups excluding carboxylic acids is 2. The molecule has 2 aromatic carbocycles. The van der Waals surface area contributed by atoms with E-state index in [0.29, 0.717) is 24.4 Å². The highest BCUT2D eigenvalue weighted by atomic mass is 16.6. The van der Waals surface area contributed by atoms with Crippen LogP contribution in [-0.4, -0.2) is 85.0 Å². The third-order valence-electron chi connectivity index (χ3n) is 8.73. The average Bonchev–Trinajstić information content (AvgIpc) is 3.63. The van der Waals surface area contributed by atoms with Crippen molar-refractivity contribution in [2.45, 2.75) is 75.1 Å². The molecule has 0 bridgehead atoms. The van der Waals surface area contributed by atoms with Crippen molar-refractivity contribution in [3.63, 3.8) is 0 Å². The molecule has 4 aromatic rings. The van der Waals surface area contributed by atoms with E-state index in [1.165, 1.54) is 10.9 Å². The molecule has 0 spiro atoms. The van der Waals surface area contributed by atoms with Gasteiger partial charge in [-0.3, -0.25) is 14.2 Å². The van der Waals surface area contributed by atoms with E-state index in [2.05, 4.69) is 55.2 Å². The lowest BCUT2D eigenvalue weighted by atomic mass is 9.91. The number of benzene rings is 2. The lowest BCUT2D eigenvalue weighted by molar-refractivity contribution is -0.137. The summed E-state index contributed by atoms with van der Waals surface area (Å²) in [5.41, 5.74) is 8.80. The van der Waals surface area contributed by atoms with Gasteiger partial charge in [-0.1, -0.05) is 60.7 Å². The van der Waals surface area contributed by atoms with Gasteiger partial charge in [-0.25, -0.2) is 15.0 Å². The maximum absolute atomic E-state index is 13.6. The molecule has 7 N–H and O–H groups in total. The zero-order valence-electron chi connectivity index (χ0n) is 25.6. The van der Waals surface area contributed by atoms with E-state index >= 15 is 0 Å². The number of amides is 2. The van der Waals surface area contributed by atoms with Crippen LogP contribution in [0.15, 0.2) is 67.0 Å². The molecule has 2 aromatic heterocycles. The standard InChI is InChI=1S/C33H40N8O5/c1-2-35-31(44)27-25(42)26(43)33(46-27)41-18-37-24-28(36-17-23(19-9-5-3-6-10-19)20-11-7-4-8-12-20)39-29(40-30(24)41)32(45)38-22-15-13-21(34)14-16-22/h3-12,18,21-23,25-27,33,42-43H,2,13-17,34H2,1H3,(H,35,44)(H,38,45)(H,36,39,40)/t21-,22-,25-,26+,27-,33+/m0/s1. The first kappa shape index (κ1) is 31.5. The molecule has 0 unspecified atom stereocenters. The van der Waals surface area contributed by atoms with Crippen molar-refractivity contribution in [3.8, 4) is 0 Å². The Bertz CT molecular complexity index is 1600. The molecule has 4 atom stereocenters. The van der Waals surface area contributed by atoms with Crippen LogP contribution >= 0.6 is 0 Å². The number of hydrogen-bond acceptors (Lipinski definition) is 10. The molecule has 13 nitrogen and oxygen atoms in total. The minimum atomic E-state index is -1.48. The number of imidazole rings is 1. The third-order valence-corrected chi connectivity index (χ3v) is 8.73. The zero-order chi connectivity index (χ0) is 32.2. The summed E-state index contributed by atoms with van der Waals surface area (Å²) in [6.45, 7) is 2.51. The molecule has 2 aliphatic rings. The number of fused-ring (bicyclic) bond motifs is 1. The fourth-order valence-corrected chi connectivity index (χ4v) is 6.22. The number of anilines is 1. The Morgan fingerprint density at radius 3 is 2.26 bits per heavy atom. The number of rotatable bonds is 10. The van der Waals surface area contributed by atoms with Gasteiger partial charge < -0.3 is 36.6 Å². The summed E-state index contributed by atoms with van der Waals surface area (Å²) in [7, 11) is 0. The number of nitrogens with zero attached hydrogens (tertiary/aromatic N) is 4. The number of hydrogen-bond donors (Lipinski definition) is 6. The van der Waals surface area contributed by atoms with Gasteiger partial charge in [0.1, 0.15) is 12.2 Å². The maximum atomic E-state index is 13.6. The minimum Gasteiger partial charge on any atom is -0.387 e. The SMILES string of the molecule is CCNC(=O)[C@H]1O[C@@H](n2cnc3c(NCC(c4ccccc4)c4ccccc4)nc(C(=O)N[C@H]4CC[C@H](N)CC4)nc32)[C@H](O)[C@@H]1O. The van der Waals surface area contributed by atoms with Crippen molar-refractivity contribution in [1.82, 2.24) is 30.2 Å². The van der Waals surface area contributed by atoms with Crippen LogP contribution in [0, 0.1) is 0 Å². The van der Waals surface area contributed by atoms with E-state index in [4.69, 9.17) is 10.5 Å². The quantitative estimate of drug-likeness (QED) is 0.151. The second-order valence-electron chi connectivity index (χ2n) is 11.9. The number of aromatic nitrogens is 4. The highest BCUT2D eigenvalue weighted by Gasteiger charge is 2.47. The van der Waals surface area contributed by atoms with Crippen molar-refractivity contribution in [2.75, 3.05) is 18.4 Å². The van der Waals surface area contributed by atoms with E-state index in [9.17, 15) is 19.8 Å². The highest BCUT2D eigenvalue weighted by molar-refractivity contribution is 5.94. The minimum absolute atomic E-state index is 0.0498. The third kappa shape index (κ3) is 6.58. The normalized spacial score (nSPS) is 24.6. The molecule has 46 heavy (non-hydrogen) atoms. The number of aliphatic hydroxyl groups is 2. The first-order valence-electron chi connectivity index (χ1n) is 15.8. The van der Waals surface area contributed by atoms with Gasteiger partial charge in [0.15, 0.2) is 29.3 Å². The van der Waals surface area contributed by atoms with Gasteiger partial charge in [0, 0.05) is 31.1 Å². The number of carbonyl (C=O) groups is 2. The van der Waals surface area contributed by atoms with Crippen LogP contribution < -0.4 is 21.7 Å². The van der Waals surface area contributed by atoms with Crippen molar-refractivity contribution in [2.24, 2.45) is 5.73 Å². The van der Waals surface area contributed by atoms with Gasteiger partial charge >= 0.3 is 0 Å². The van der Waals surface area contributed by atoms with Crippen molar-refractivity contribution < 1.29 is 24.5 Å². The predicted octanol–water partition coefficient (Wildman–Crippen LogP) is 1.83. The van der Waals surface area contributed by atoms with Gasteiger partial charge in [0.25, 0.3) is 11.8 Å². The van der Waals surface area contributed by atoms with E-state index in [1.807, 2.05) is 36.4 Å². The van der Waals surface area contributed by atoms with E-state index < -0.39 is 36.4 Å². The second-order valence-corrected chi connectivity index (χ2v) is 11.9. The van der Waals surface area contributed by atoms with Crippen LogP contribution in [0.1, 0.15) is 66.5 Å². The first-order valence-corrected chi connectivity index (χ1v) is 15.8. The maximum Gasteiger partial charge on any atom is 0.289 e. The fourth-order valence-electron chi connectivity index (χ4n) is 6.22. The summed E-state index contributed by atoms with van der Waals surface area (Å²) in [6.07, 6.45) is -0.867. The van der Waals surface area contributed by atoms with E-state index in [1.54, 1.807) is 6.92 Å². The van der Waals surface area contributed by atoms with Gasteiger partial charge in [-0.2, -0.15) is 0 Å². The number of ether oxygens (including phenoxy) is 1. The molecule has 1 aliphatic heterocycles. The molecule has 242 valence electrons. The summed E-state index contributed by atoms with van der Waals surface area (Å²) in [5.74, 6) is -0.807. The number of nitrogens with one attached hydrogen (secondary N) is 3. The van der Waals surface area contributed by atoms with E-state index in [0.717, 1.165) is 36.8 Å². The smallest absolute Gasteiger partial charge is 0.289 e. The monoisotopic (exact) mass is 628 g/mol. The topological polar surface area (TPSA) is 190 Å². The predicted molar refractivity (Wildman–Crippen MR) is 171 cm³/mol. The van der Waals surface area contributed by atoms with Crippen LogP contribution in [0.3, 0.4) is 0 Å². The van der Waals surface area contributed by atoms with Crippen LogP contribution in [-0.2, 0) is 9.53 Å². The van der Waals surface area contributed by atoms with Gasteiger partial charge in [0.2, 0.25) is 5.82 Å². The second kappa shape index (κ2) is 13.9. The Balaban J connectivity index is 1.35. The van der Waals surface area contributed by atoms with Gasteiger partial charge in [-0.15, -0.1) is 0 Å². The first-order chi connectivity index (χ1) is 22.3. The average molecular weight is 629 g/mol. The summed E-state index contributed by atoms with van der Waals surface area (Å²) in [4.78, 5) is 39.8. The molecule has 2 fully saturated rings. The summed E-state index contributed by atoms with van der Waals surface area (Å²) in [5, 5.41) is 30.7. The lowest BCUT2D eigenvalue weighted by Crippen LogP contribution is -2.42. The van der Waals surface area contributed by atoms with Gasteiger partial charge in [-0.05, 0) is 43.7 Å². The summed E-state index contributed by atoms with van der Waals surface area (Å²) < 4.78 is 7.28. The molecule has 2 amide bonds. The van der Waals surface area contributed by atoms with Crippen molar-refractivity contribution >= 4 is 28.8 Å². The van der Waals surface area contributed by atoms with Crippen molar-refractivity contribution in [1.29, 1.82) is 0 Å². The Morgan fingerprint density at radius 1 is 0.978 bits per heavy atom. The molecule has 13 heteroatoms. The molecule has 1 aliphatic carbocycles. The van der Waals surface area contributed by atoms with Crippen LogP contribution in [0.2, 0.25) is 0 Å². The molecule has 1 saturated carbocycles. The van der Waals surface area contributed by atoms with Crippen LogP contribution in [0.5, 0.6) is 0 Å². The van der Waals surface area contributed by atoms with Crippen LogP contribution in [0.25, 0.3) is 11.2 Å². The number of likely N-dealkylation sites (N-methyl/N-ethyl adjacent to an activating group) is 1. The fraction of sp³-hybridized carbons (Fsp3) is 0.424. The number of aliphatic hydroxyl groups excluding tert-OH is 2. The van der Waals surface area contributed by atoms with Crippen LogP contribution in [0.4, 0.5) is 5.82 Å². The molecule has 3 heterocycles. The summed E-state index contributed by atoms with van der Waals surface area (Å²) >= 11 is 0. The Hall–Kier alpha value is -4.43. The molecule has 0 radical (unpaired) electrons. The Labute approximate surface area is 266 Å². The van der Waals surface area contributed by atoms with Crippen molar-refractivity contribution in [3.05, 3.63) is 83.9 Å². The number of nitrogens with two attached hydrogens (primary N) is 1. The summed E-state index contributed by atoms with van der Waals surface area (Å²) in [6, 6.07) is 20.2. The van der Waals surface area contributed by atoms with E-state index in [-0.39, 0.29) is 29.5 Å². The lowest BCUT2D eigenvalue weighted by Gasteiger charge is -2.26. The van der Waals surface area contributed by atoms with Gasteiger partial charge in [0.05, 0.1) is 6.33 Å². The molecular weight excluding hydrogens is 588 g/mol. The molecule has 1 saturated heterocycles. The molecular formula is C33H40N8O5. The highest BCUT2D eigenvalue weighted by Crippen LogP contribution is 2.33. The Kier molecular flexibility index (Phi) is 9.54. The zero-order valence-corrected chi connectivity index (χ0v) is 25.6. The largest absolute Gasteiger partial charge is 0.387 e. The molecule has 6 rings (SSSR count). The Morgan fingerprint density at radius 2 is 1.63 bits per heavy atom.